The molecule has 0 radical (unpaired) electrons. The third-order valence-corrected chi connectivity index (χ3v) is 3.35. The van der Waals surface area contributed by atoms with Gasteiger partial charge in [0.25, 0.3) is 5.56 Å². The molecule has 94 valence electrons. The van der Waals surface area contributed by atoms with E-state index < -0.39 is 0 Å². The summed E-state index contributed by atoms with van der Waals surface area (Å²) in [5.41, 5.74) is 0.999. The molecular weight excluding hydrogens is 248 g/mol. The molecule has 0 atom stereocenters. The lowest BCUT2D eigenvalue weighted by atomic mass is 10.1. The van der Waals surface area contributed by atoms with Gasteiger partial charge in [0.05, 0.1) is 0 Å². The van der Waals surface area contributed by atoms with Gasteiger partial charge in [-0.25, -0.2) is 5.10 Å². The second kappa shape index (κ2) is 5.73. The number of nitrogens with zero attached hydrogens (tertiary/aromatic N) is 1. The minimum Gasteiger partial charge on any atom is -0.438 e. The second-order valence-electron chi connectivity index (χ2n) is 3.69. The first-order valence-corrected chi connectivity index (χ1v) is 6.86. The molecule has 2 aromatic rings. The van der Waals surface area contributed by atoms with Crippen LogP contribution in [0.4, 0.5) is 0 Å². The first-order valence-electron chi connectivity index (χ1n) is 5.63. The van der Waals surface area contributed by atoms with E-state index in [2.05, 4.69) is 23.4 Å². The summed E-state index contributed by atoms with van der Waals surface area (Å²) in [6, 6.07) is 8.87. The molecule has 0 spiro atoms. The first kappa shape index (κ1) is 12.7. The summed E-state index contributed by atoms with van der Waals surface area (Å²) in [7, 11) is 0. The zero-order chi connectivity index (χ0) is 13.0. The average molecular weight is 262 g/mol. The van der Waals surface area contributed by atoms with Gasteiger partial charge in [-0.15, -0.1) is 16.9 Å². The number of aromatic nitrogens is 2. The molecule has 0 saturated heterocycles. The number of hydrogen-bond donors (Lipinski definition) is 1. The van der Waals surface area contributed by atoms with Gasteiger partial charge in [-0.3, -0.25) is 4.79 Å². The van der Waals surface area contributed by atoms with Crippen molar-refractivity contribution in [3.63, 3.8) is 0 Å². The summed E-state index contributed by atoms with van der Waals surface area (Å²) < 4.78 is 5.58. The fourth-order valence-corrected chi connectivity index (χ4v) is 2.27. The van der Waals surface area contributed by atoms with E-state index in [4.69, 9.17) is 4.74 Å². The average Bonchev–Trinajstić information content (AvgIpc) is 2.41. The van der Waals surface area contributed by atoms with Crippen molar-refractivity contribution < 1.29 is 4.74 Å². The molecule has 0 aliphatic carbocycles. The summed E-state index contributed by atoms with van der Waals surface area (Å²) in [6.07, 6.45) is 3.00. The highest BCUT2D eigenvalue weighted by atomic mass is 32.2. The monoisotopic (exact) mass is 262 g/mol. The molecule has 0 aliphatic rings. The topological polar surface area (TPSA) is 55.0 Å². The first-order chi connectivity index (χ1) is 8.72. The van der Waals surface area contributed by atoms with Gasteiger partial charge in [-0.05, 0) is 36.4 Å². The molecule has 1 aromatic carbocycles. The van der Waals surface area contributed by atoms with Gasteiger partial charge in [-0.2, -0.15) is 0 Å². The summed E-state index contributed by atoms with van der Waals surface area (Å²) in [5.74, 6) is 1.11. The maximum atomic E-state index is 10.9. The quantitative estimate of drug-likeness (QED) is 0.861. The van der Waals surface area contributed by atoms with Crippen LogP contribution < -0.4 is 10.3 Å². The normalized spacial score (nSPS) is 10.3. The minimum atomic E-state index is -0.241. The number of aromatic amines is 1. The van der Waals surface area contributed by atoms with Gasteiger partial charge in [0.15, 0.2) is 0 Å². The lowest BCUT2D eigenvalue weighted by molar-refractivity contribution is 0.453. The Labute approximate surface area is 109 Å². The number of thioether (sulfide) groups is 1. The SMILES string of the molecule is CCc1cc(Oc2ccc(=O)[nH]n2)ccc1SC. The van der Waals surface area contributed by atoms with E-state index in [1.54, 1.807) is 17.8 Å². The van der Waals surface area contributed by atoms with Crippen LogP contribution >= 0.6 is 11.8 Å². The predicted molar refractivity (Wildman–Crippen MR) is 72.5 cm³/mol. The van der Waals surface area contributed by atoms with Crippen LogP contribution in [0, 0.1) is 0 Å². The predicted octanol–water partition coefficient (Wildman–Crippen LogP) is 2.85. The molecule has 1 aromatic heterocycles. The van der Waals surface area contributed by atoms with Gasteiger partial charge in [0, 0.05) is 17.0 Å². The van der Waals surface area contributed by atoms with Crippen LogP contribution in [0.25, 0.3) is 0 Å². The molecule has 4 nitrogen and oxygen atoms in total. The van der Waals surface area contributed by atoms with Gasteiger partial charge in [-0.1, -0.05) is 6.92 Å². The smallest absolute Gasteiger partial charge is 0.264 e. The van der Waals surface area contributed by atoms with Gasteiger partial charge in [0.2, 0.25) is 5.88 Å². The number of ether oxygens (including phenoxy) is 1. The van der Waals surface area contributed by atoms with Crippen molar-refractivity contribution in [1.29, 1.82) is 0 Å². The molecule has 2 rings (SSSR count). The fourth-order valence-electron chi connectivity index (χ4n) is 1.60. The Morgan fingerprint density at radius 1 is 1.33 bits per heavy atom. The maximum absolute atomic E-state index is 10.9. The highest BCUT2D eigenvalue weighted by molar-refractivity contribution is 7.98. The summed E-state index contributed by atoms with van der Waals surface area (Å²) in [4.78, 5) is 12.1. The van der Waals surface area contributed by atoms with E-state index in [9.17, 15) is 4.79 Å². The largest absolute Gasteiger partial charge is 0.438 e. The van der Waals surface area contributed by atoms with Crippen molar-refractivity contribution in [3.05, 3.63) is 46.2 Å². The van der Waals surface area contributed by atoms with Crippen molar-refractivity contribution in [1.82, 2.24) is 10.2 Å². The summed E-state index contributed by atoms with van der Waals surface area (Å²) >= 11 is 1.72. The molecule has 1 N–H and O–H groups in total. The van der Waals surface area contributed by atoms with E-state index >= 15 is 0 Å². The van der Waals surface area contributed by atoms with Gasteiger partial charge < -0.3 is 4.74 Å². The molecule has 0 amide bonds. The van der Waals surface area contributed by atoms with Crippen LogP contribution in [-0.4, -0.2) is 16.5 Å². The Morgan fingerprint density at radius 2 is 2.17 bits per heavy atom. The number of aryl methyl sites for hydroxylation is 1. The van der Waals surface area contributed by atoms with Gasteiger partial charge >= 0.3 is 0 Å². The molecule has 5 heteroatoms. The molecular formula is C13H14N2O2S. The van der Waals surface area contributed by atoms with Crippen LogP contribution in [0.15, 0.2) is 40.0 Å². The zero-order valence-corrected chi connectivity index (χ0v) is 11.1. The van der Waals surface area contributed by atoms with E-state index in [1.807, 2.05) is 18.2 Å². The molecule has 0 unspecified atom stereocenters. The van der Waals surface area contributed by atoms with Crippen LogP contribution in [0.2, 0.25) is 0 Å². The molecule has 1 heterocycles. The van der Waals surface area contributed by atoms with Crippen molar-refractivity contribution in [3.8, 4) is 11.6 Å². The van der Waals surface area contributed by atoms with Crippen LogP contribution in [0.3, 0.4) is 0 Å². The van der Waals surface area contributed by atoms with Crippen molar-refractivity contribution >= 4 is 11.8 Å². The minimum absolute atomic E-state index is 0.241. The number of nitrogens with one attached hydrogen (secondary N) is 1. The van der Waals surface area contributed by atoms with Crippen LogP contribution in [0.5, 0.6) is 11.6 Å². The Kier molecular flexibility index (Phi) is 4.04. The Hall–Kier alpha value is -1.75. The number of hydrogen-bond acceptors (Lipinski definition) is 4. The number of benzene rings is 1. The summed E-state index contributed by atoms with van der Waals surface area (Å²) in [6.45, 7) is 2.11. The van der Waals surface area contributed by atoms with E-state index in [-0.39, 0.29) is 5.56 Å². The number of rotatable bonds is 4. The maximum Gasteiger partial charge on any atom is 0.264 e. The third-order valence-electron chi connectivity index (χ3n) is 2.51. The van der Waals surface area contributed by atoms with E-state index in [0.717, 1.165) is 12.2 Å². The Balaban J connectivity index is 2.24. The molecule has 18 heavy (non-hydrogen) atoms. The third kappa shape index (κ3) is 2.92. The Bertz CT molecular complexity index is 575. The lowest BCUT2D eigenvalue weighted by Gasteiger charge is -2.08. The molecule has 0 aliphatic heterocycles. The fraction of sp³-hybridized carbons (Fsp3) is 0.231. The van der Waals surface area contributed by atoms with Crippen molar-refractivity contribution in [2.24, 2.45) is 0 Å². The van der Waals surface area contributed by atoms with Gasteiger partial charge in [0.1, 0.15) is 5.75 Å². The van der Waals surface area contributed by atoms with E-state index in [0.29, 0.717) is 5.88 Å². The van der Waals surface area contributed by atoms with Crippen molar-refractivity contribution in [2.75, 3.05) is 6.26 Å². The van der Waals surface area contributed by atoms with E-state index in [1.165, 1.54) is 16.5 Å². The highest BCUT2D eigenvalue weighted by Crippen LogP contribution is 2.27. The van der Waals surface area contributed by atoms with Crippen LogP contribution in [0.1, 0.15) is 12.5 Å². The standard InChI is InChI=1S/C13H14N2O2S/c1-3-9-8-10(4-5-11(9)18-2)17-13-7-6-12(16)14-15-13/h4-8H,3H2,1-2H3,(H,14,16). The highest BCUT2D eigenvalue weighted by Gasteiger charge is 2.04. The molecule has 0 bridgehead atoms. The molecule has 0 saturated carbocycles. The zero-order valence-electron chi connectivity index (χ0n) is 10.3. The second-order valence-corrected chi connectivity index (χ2v) is 4.54. The summed E-state index contributed by atoms with van der Waals surface area (Å²) in [5, 5.41) is 6.14. The molecule has 0 fully saturated rings. The van der Waals surface area contributed by atoms with Crippen LogP contribution in [-0.2, 0) is 6.42 Å². The Morgan fingerprint density at radius 3 is 2.78 bits per heavy atom. The number of H-pyrrole nitrogens is 1. The van der Waals surface area contributed by atoms with Crippen molar-refractivity contribution in [2.45, 2.75) is 18.2 Å². The lowest BCUT2D eigenvalue weighted by Crippen LogP contribution is -2.05.